The van der Waals surface area contributed by atoms with Gasteiger partial charge in [0, 0.05) is 12.5 Å². The van der Waals surface area contributed by atoms with Gasteiger partial charge in [-0.1, -0.05) is 36.4 Å². The number of hydrogen-bond donors (Lipinski definition) is 1. The summed E-state index contributed by atoms with van der Waals surface area (Å²) in [5.41, 5.74) is 2.85. The Morgan fingerprint density at radius 2 is 1.81 bits per heavy atom. The first-order chi connectivity index (χ1) is 13.0. The second-order valence-electron chi connectivity index (χ2n) is 7.44. The molecule has 5 heteroatoms. The second-order valence-corrected chi connectivity index (χ2v) is 7.44. The molecular weight excluding hydrogens is 343 g/mol. The van der Waals surface area contributed by atoms with Crippen LogP contribution < -0.4 is 5.32 Å². The standard InChI is InChI=1S/C22H23FN2O2/c1-14(15-8-10-18(23)11-9-15)24-21(26)20-19-5-3-2-4-16(19)12-13-25(20)22(27)17-6-7-17/h2-5,8-11,14,17,20H,6-7,12-13H2,1H3,(H,24,26)/t14-,20-/m1/s1. The zero-order valence-electron chi connectivity index (χ0n) is 15.3. The molecule has 1 fully saturated rings. The van der Waals surface area contributed by atoms with Crippen molar-refractivity contribution in [1.29, 1.82) is 0 Å². The summed E-state index contributed by atoms with van der Waals surface area (Å²) in [6, 6.07) is 13.1. The van der Waals surface area contributed by atoms with E-state index in [1.807, 2.05) is 31.2 Å². The molecule has 1 heterocycles. The van der Waals surface area contributed by atoms with Gasteiger partial charge < -0.3 is 10.2 Å². The molecule has 2 amide bonds. The lowest BCUT2D eigenvalue weighted by atomic mass is 9.91. The summed E-state index contributed by atoms with van der Waals surface area (Å²) in [6.45, 7) is 2.43. The number of rotatable bonds is 4. The Morgan fingerprint density at radius 3 is 2.52 bits per heavy atom. The first kappa shape index (κ1) is 17.7. The number of benzene rings is 2. The van der Waals surface area contributed by atoms with Gasteiger partial charge in [0.1, 0.15) is 11.9 Å². The van der Waals surface area contributed by atoms with Crippen LogP contribution in [0.1, 0.15) is 48.5 Å². The van der Waals surface area contributed by atoms with Crippen LogP contribution in [-0.4, -0.2) is 23.3 Å². The molecule has 0 radical (unpaired) electrons. The van der Waals surface area contributed by atoms with Crippen LogP contribution in [-0.2, 0) is 16.0 Å². The minimum absolute atomic E-state index is 0.0695. The monoisotopic (exact) mass is 366 g/mol. The van der Waals surface area contributed by atoms with Crippen LogP contribution in [0.25, 0.3) is 0 Å². The molecule has 1 N–H and O–H groups in total. The predicted octanol–water partition coefficient (Wildman–Crippen LogP) is 3.54. The Morgan fingerprint density at radius 1 is 1.11 bits per heavy atom. The molecule has 4 rings (SSSR count). The molecule has 1 aliphatic heterocycles. The second kappa shape index (κ2) is 7.14. The van der Waals surface area contributed by atoms with E-state index >= 15 is 0 Å². The maximum Gasteiger partial charge on any atom is 0.247 e. The SMILES string of the molecule is C[C@@H](NC(=O)[C@H]1c2ccccc2CCN1C(=O)C1CC1)c1ccc(F)cc1. The molecule has 2 aromatic rings. The number of nitrogens with zero attached hydrogens (tertiary/aromatic N) is 1. The topological polar surface area (TPSA) is 49.4 Å². The number of carbonyl (C=O) groups is 2. The van der Waals surface area contributed by atoms with E-state index in [9.17, 15) is 14.0 Å². The summed E-state index contributed by atoms with van der Waals surface area (Å²) < 4.78 is 13.2. The highest BCUT2D eigenvalue weighted by Crippen LogP contribution is 2.37. The van der Waals surface area contributed by atoms with Gasteiger partial charge in [0.25, 0.3) is 0 Å². The van der Waals surface area contributed by atoms with E-state index in [1.54, 1.807) is 17.0 Å². The molecule has 2 aliphatic rings. The van der Waals surface area contributed by atoms with Crippen LogP contribution in [0.5, 0.6) is 0 Å². The lowest BCUT2D eigenvalue weighted by Crippen LogP contribution is -2.48. The molecule has 0 saturated heterocycles. The Balaban J connectivity index is 1.59. The summed E-state index contributed by atoms with van der Waals surface area (Å²) in [5, 5.41) is 3.02. The summed E-state index contributed by atoms with van der Waals surface area (Å²) in [7, 11) is 0. The number of carbonyl (C=O) groups excluding carboxylic acids is 2. The quantitative estimate of drug-likeness (QED) is 0.900. The number of fused-ring (bicyclic) bond motifs is 1. The fraction of sp³-hybridized carbons (Fsp3) is 0.364. The van der Waals surface area contributed by atoms with E-state index in [0.29, 0.717) is 6.54 Å². The van der Waals surface area contributed by atoms with Crippen molar-refractivity contribution in [3.05, 3.63) is 71.0 Å². The highest BCUT2D eigenvalue weighted by molar-refractivity contribution is 5.91. The highest BCUT2D eigenvalue weighted by atomic mass is 19.1. The van der Waals surface area contributed by atoms with Gasteiger partial charge in [-0.3, -0.25) is 9.59 Å². The fourth-order valence-corrected chi connectivity index (χ4v) is 3.78. The molecule has 27 heavy (non-hydrogen) atoms. The fourth-order valence-electron chi connectivity index (χ4n) is 3.78. The Labute approximate surface area is 158 Å². The van der Waals surface area contributed by atoms with Crippen molar-refractivity contribution in [3.63, 3.8) is 0 Å². The van der Waals surface area contributed by atoms with E-state index < -0.39 is 6.04 Å². The molecule has 0 unspecified atom stereocenters. The molecule has 4 nitrogen and oxygen atoms in total. The lowest BCUT2D eigenvalue weighted by molar-refractivity contribution is -0.142. The van der Waals surface area contributed by atoms with Gasteiger partial charge >= 0.3 is 0 Å². The van der Waals surface area contributed by atoms with Crippen LogP contribution in [0, 0.1) is 11.7 Å². The van der Waals surface area contributed by atoms with Crippen molar-refractivity contribution in [3.8, 4) is 0 Å². The molecule has 1 saturated carbocycles. The molecule has 1 aliphatic carbocycles. The van der Waals surface area contributed by atoms with Crippen LogP contribution in [0.3, 0.4) is 0 Å². The zero-order chi connectivity index (χ0) is 19.0. The zero-order valence-corrected chi connectivity index (χ0v) is 15.3. The van der Waals surface area contributed by atoms with Gasteiger partial charge in [-0.2, -0.15) is 0 Å². The third-order valence-corrected chi connectivity index (χ3v) is 5.47. The van der Waals surface area contributed by atoms with Crippen molar-refractivity contribution in [1.82, 2.24) is 10.2 Å². The number of nitrogens with one attached hydrogen (secondary N) is 1. The summed E-state index contributed by atoms with van der Waals surface area (Å²) >= 11 is 0. The highest BCUT2D eigenvalue weighted by Gasteiger charge is 2.41. The third kappa shape index (κ3) is 3.59. The van der Waals surface area contributed by atoms with Gasteiger partial charge in [0.05, 0.1) is 6.04 Å². The minimum atomic E-state index is -0.606. The van der Waals surface area contributed by atoms with E-state index in [2.05, 4.69) is 5.32 Å². The van der Waals surface area contributed by atoms with E-state index in [-0.39, 0.29) is 29.6 Å². The molecule has 0 spiro atoms. The predicted molar refractivity (Wildman–Crippen MR) is 100 cm³/mol. The van der Waals surface area contributed by atoms with Gasteiger partial charge in [-0.05, 0) is 55.0 Å². The van der Waals surface area contributed by atoms with Crippen molar-refractivity contribution in [2.24, 2.45) is 5.92 Å². The van der Waals surface area contributed by atoms with Crippen molar-refractivity contribution < 1.29 is 14.0 Å². The molecule has 2 atom stereocenters. The Hall–Kier alpha value is -2.69. The number of amides is 2. The van der Waals surface area contributed by atoms with E-state index in [1.165, 1.54) is 12.1 Å². The van der Waals surface area contributed by atoms with Gasteiger partial charge in [-0.15, -0.1) is 0 Å². The van der Waals surface area contributed by atoms with E-state index in [0.717, 1.165) is 36.0 Å². The lowest BCUT2D eigenvalue weighted by Gasteiger charge is -2.37. The summed E-state index contributed by atoms with van der Waals surface area (Å²) in [5.74, 6) is -0.341. The average Bonchev–Trinajstić information content (AvgIpc) is 3.52. The number of hydrogen-bond acceptors (Lipinski definition) is 2. The van der Waals surface area contributed by atoms with Gasteiger partial charge in [0.15, 0.2) is 0 Å². The minimum Gasteiger partial charge on any atom is -0.347 e. The Bertz CT molecular complexity index is 861. The van der Waals surface area contributed by atoms with Crippen LogP contribution >= 0.6 is 0 Å². The first-order valence-corrected chi connectivity index (χ1v) is 9.48. The van der Waals surface area contributed by atoms with Crippen LogP contribution in [0.15, 0.2) is 48.5 Å². The van der Waals surface area contributed by atoms with E-state index in [4.69, 9.17) is 0 Å². The Kier molecular flexibility index (Phi) is 4.68. The van der Waals surface area contributed by atoms with Gasteiger partial charge in [-0.25, -0.2) is 4.39 Å². The summed E-state index contributed by atoms with van der Waals surface area (Å²) in [4.78, 5) is 27.7. The normalized spacial score (nSPS) is 19.9. The van der Waals surface area contributed by atoms with Gasteiger partial charge in [0.2, 0.25) is 11.8 Å². The first-order valence-electron chi connectivity index (χ1n) is 9.48. The smallest absolute Gasteiger partial charge is 0.247 e. The van der Waals surface area contributed by atoms with Crippen LogP contribution in [0.4, 0.5) is 4.39 Å². The molecule has 0 aromatic heterocycles. The van der Waals surface area contributed by atoms with Crippen LogP contribution in [0.2, 0.25) is 0 Å². The van der Waals surface area contributed by atoms with Crippen molar-refractivity contribution in [2.75, 3.05) is 6.54 Å². The van der Waals surface area contributed by atoms with Crippen molar-refractivity contribution >= 4 is 11.8 Å². The third-order valence-electron chi connectivity index (χ3n) is 5.47. The average molecular weight is 366 g/mol. The summed E-state index contributed by atoms with van der Waals surface area (Å²) in [6.07, 6.45) is 2.60. The van der Waals surface area contributed by atoms with Crippen molar-refractivity contribution in [2.45, 2.75) is 38.3 Å². The number of halogens is 1. The maximum absolute atomic E-state index is 13.2. The molecule has 0 bridgehead atoms. The largest absolute Gasteiger partial charge is 0.347 e. The molecule has 140 valence electrons. The molecule has 2 aromatic carbocycles. The maximum atomic E-state index is 13.2. The molecular formula is C22H23FN2O2.